The van der Waals surface area contributed by atoms with Crippen LogP contribution < -0.4 is 14.9 Å². The van der Waals surface area contributed by atoms with Gasteiger partial charge in [0, 0.05) is 22.7 Å². The molecule has 11 heteroatoms. The second-order valence-electron chi connectivity index (χ2n) is 7.49. The van der Waals surface area contributed by atoms with Gasteiger partial charge in [-0.1, -0.05) is 40.9 Å². The summed E-state index contributed by atoms with van der Waals surface area (Å²) in [5.41, 5.74) is 4.10. The van der Waals surface area contributed by atoms with Crippen LogP contribution in [0.25, 0.3) is 11.3 Å². The van der Waals surface area contributed by atoms with E-state index < -0.39 is 0 Å². The second kappa shape index (κ2) is 9.83. The van der Waals surface area contributed by atoms with E-state index >= 15 is 0 Å². The Morgan fingerprint density at radius 1 is 1.17 bits per heavy atom. The van der Waals surface area contributed by atoms with Crippen LogP contribution in [0.2, 0.25) is 15.1 Å². The molecule has 0 spiro atoms. The first-order chi connectivity index (χ1) is 16.9. The summed E-state index contributed by atoms with van der Waals surface area (Å²) < 4.78 is 7.21. The average molecular weight is 545 g/mol. The molecule has 0 saturated carbocycles. The zero-order valence-electron chi connectivity index (χ0n) is 18.1. The van der Waals surface area contributed by atoms with Crippen molar-refractivity contribution in [1.29, 1.82) is 0 Å². The van der Waals surface area contributed by atoms with Crippen molar-refractivity contribution in [3.8, 4) is 17.0 Å². The van der Waals surface area contributed by atoms with Crippen LogP contribution in [0.1, 0.15) is 12.5 Å². The number of carbonyl (C=O) groups excluding carboxylic acids is 1. The highest BCUT2D eigenvalue weighted by Gasteiger charge is 2.18. The number of carbonyl (C=O) groups is 1. The Bertz CT molecular complexity index is 1550. The molecule has 0 aliphatic carbocycles. The summed E-state index contributed by atoms with van der Waals surface area (Å²) in [6.07, 6.45) is 3.35. The summed E-state index contributed by atoms with van der Waals surface area (Å²) in [4.78, 5) is 21.3. The zero-order valence-corrected chi connectivity index (χ0v) is 21.2. The van der Waals surface area contributed by atoms with Crippen LogP contribution in [0.3, 0.4) is 0 Å². The minimum Gasteiger partial charge on any atom is -0.482 e. The molecule has 1 aliphatic heterocycles. The first kappa shape index (κ1) is 23.6. The van der Waals surface area contributed by atoms with Crippen molar-refractivity contribution in [2.75, 3.05) is 11.9 Å². The van der Waals surface area contributed by atoms with E-state index in [-0.39, 0.29) is 17.5 Å². The number of pyridine rings is 1. The highest BCUT2D eigenvalue weighted by atomic mass is 35.5. The van der Waals surface area contributed by atoms with Crippen LogP contribution in [0.5, 0.6) is 5.75 Å². The topological polar surface area (TPSA) is 80.9 Å². The number of hydrogen-bond acceptors (Lipinski definition) is 6. The molecular weight excluding hydrogens is 529 g/mol. The van der Waals surface area contributed by atoms with E-state index in [0.717, 1.165) is 11.3 Å². The molecule has 0 fully saturated rings. The van der Waals surface area contributed by atoms with Gasteiger partial charge in [-0.2, -0.15) is 5.10 Å². The predicted molar refractivity (Wildman–Crippen MR) is 140 cm³/mol. The monoisotopic (exact) mass is 543 g/mol. The number of nitrogens with zero attached hydrogens (tertiary/aromatic N) is 4. The van der Waals surface area contributed by atoms with E-state index in [1.807, 2.05) is 42.6 Å². The molecule has 2 aromatic heterocycles. The Balaban J connectivity index is 1.68. The zero-order chi connectivity index (χ0) is 24.5. The Morgan fingerprint density at radius 3 is 2.83 bits per heavy atom. The molecule has 7 nitrogen and oxygen atoms in total. The Hall–Kier alpha value is -3.17. The third-order valence-electron chi connectivity index (χ3n) is 5.14. The average Bonchev–Trinajstić information content (AvgIpc) is 3.24. The molecule has 1 amide bonds. The number of fused-ring (bicyclic) bond motifs is 1. The van der Waals surface area contributed by atoms with Crippen LogP contribution in [0.15, 0.2) is 70.3 Å². The van der Waals surface area contributed by atoms with Gasteiger partial charge in [0.05, 0.1) is 44.0 Å². The van der Waals surface area contributed by atoms with Gasteiger partial charge in [-0.25, -0.2) is 9.67 Å². The Morgan fingerprint density at radius 2 is 2.03 bits per heavy atom. The maximum absolute atomic E-state index is 11.8. The van der Waals surface area contributed by atoms with E-state index in [1.165, 1.54) is 11.3 Å². The lowest BCUT2D eigenvalue weighted by Crippen LogP contribution is -2.25. The van der Waals surface area contributed by atoms with Crippen molar-refractivity contribution >= 4 is 69.1 Å². The summed E-state index contributed by atoms with van der Waals surface area (Å²) in [7, 11) is 0. The number of rotatable bonds is 4. The summed E-state index contributed by atoms with van der Waals surface area (Å²) in [5.74, 6) is 0.404. The number of aromatic nitrogens is 2. The molecule has 35 heavy (non-hydrogen) atoms. The van der Waals surface area contributed by atoms with Crippen LogP contribution in [0.4, 0.5) is 11.4 Å². The van der Waals surface area contributed by atoms with Gasteiger partial charge in [-0.05, 0) is 43.3 Å². The quantitative estimate of drug-likeness (QED) is 0.238. The molecule has 1 aliphatic rings. The van der Waals surface area contributed by atoms with Crippen molar-refractivity contribution in [2.24, 2.45) is 10.1 Å². The maximum Gasteiger partial charge on any atom is 0.262 e. The van der Waals surface area contributed by atoms with Crippen molar-refractivity contribution in [3.63, 3.8) is 0 Å². The summed E-state index contributed by atoms with van der Waals surface area (Å²) in [6.45, 7) is 1.82. The van der Waals surface area contributed by atoms with E-state index in [2.05, 4.69) is 10.3 Å². The number of halogens is 3. The maximum atomic E-state index is 11.8. The van der Waals surface area contributed by atoms with Gasteiger partial charge in [-0.3, -0.25) is 9.78 Å². The molecule has 0 saturated heterocycles. The van der Waals surface area contributed by atoms with Crippen molar-refractivity contribution in [3.05, 3.63) is 85.7 Å². The minimum atomic E-state index is -0.205. The molecule has 176 valence electrons. The Kier molecular flexibility index (Phi) is 6.62. The number of benzene rings is 2. The second-order valence-corrected chi connectivity index (χ2v) is 9.49. The molecule has 0 atom stereocenters. The third-order valence-corrected chi connectivity index (χ3v) is 7.25. The van der Waals surface area contributed by atoms with Crippen LogP contribution in [-0.4, -0.2) is 27.9 Å². The van der Waals surface area contributed by atoms with E-state index in [4.69, 9.17) is 49.6 Å². The van der Waals surface area contributed by atoms with E-state index in [0.29, 0.717) is 43.2 Å². The fraction of sp³-hybridized carbons (Fsp3) is 0.0833. The SMILES string of the molecule is CC(=Nn1c(-c2ccc3c(c2)NC(=O)CO3)csc1=Nc1cccnc1)c1ccc(Cl)c(Cl)c1Cl. The van der Waals surface area contributed by atoms with Crippen LogP contribution >= 0.6 is 46.1 Å². The summed E-state index contributed by atoms with van der Waals surface area (Å²) in [6, 6.07) is 12.7. The van der Waals surface area contributed by atoms with Gasteiger partial charge in [-0.15, -0.1) is 11.3 Å². The number of amides is 1. The lowest BCUT2D eigenvalue weighted by Gasteiger charge is -2.18. The van der Waals surface area contributed by atoms with Gasteiger partial charge in [0.15, 0.2) is 6.61 Å². The number of ether oxygens (including phenoxy) is 1. The molecular formula is C24H16Cl3N5O2S. The fourth-order valence-corrected chi connectivity index (χ4v) is 4.98. The fourth-order valence-electron chi connectivity index (χ4n) is 3.45. The third kappa shape index (κ3) is 4.83. The van der Waals surface area contributed by atoms with Crippen molar-refractivity contribution in [2.45, 2.75) is 6.92 Å². The number of thiazole rings is 1. The lowest BCUT2D eigenvalue weighted by atomic mass is 10.1. The van der Waals surface area contributed by atoms with E-state index in [9.17, 15) is 4.79 Å². The standard InChI is InChI=1S/C24H16Cl3N5O2S/c1-13(16-5-6-17(25)23(27)22(16)26)31-32-19(12-35-24(32)29-15-3-2-8-28-10-15)14-4-7-20-18(9-14)30-21(33)11-34-20/h2-10,12H,11H2,1H3,(H,30,33). The van der Waals surface area contributed by atoms with Gasteiger partial charge in [0.25, 0.3) is 5.91 Å². The molecule has 0 radical (unpaired) electrons. The predicted octanol–water partition coefficient (Wildman–Crippen LogP) is 6.41. The molecule has 0 bridgehead atoms. The molecule has 2 aromatic carbocycles. The smallest absolute Gasteiger partial charge is 0.262 e. The number of hydrogen-bond donors (Lipinski definition) is 1. The molecule has 4 aromatic rings. The summed E-state index contributed by atoms with van der Waals surface area (Å²) >= 11 is 20.2. The van der Waals surface area contributed by atoms with Crippen LogP contribution in [0, 0.1) is 0 Å². The highest BCUT2D eigenvalue weighted by Crippen LogP contribution is 2.34. The van der Waals surface area contributed by atoms with Gasteiger partial charge >= 0.3 is 0 Å². The molecule has 3 heterocycles. The van der Waals surface area contributed by atoms with Crippen LogP contribution in [-0.2, 0) is 4.79 Å². The normalized spacial score (nSPS) is 13.9. The number of nitrogens with one attached hydrogen (secondary N) is 1. The minimum absolute atomic E-state index is 0.00711. The van der Waals surface area contributed by atoms with Crippen molar-refractivity contribution < 1.29 is 9.53 Å². The van der Waals surface area contributed by atoms with Crippen molar-refractivity contribution in [1.82, 2.24) is 9.66 Å². The number of anilines is 1. The molecule has 5 rings (SSSR count). The highest BCUT2D eigenvalue weighted by molar-refractivity contribution is 7.07. The first-order valence-electron chi connectivity index (χ1n) is 10.3. The van der Waals surface area contributed by atoms with Gasteiger partial charge in [0.1, 0.15) is 5.75 Å². The van der Waals surface area contributed by atoms with E-state index in [1.54, 1.807) is 29.2 Å². The van der Waals surface area contributed by atoms with Gasteiger partial charge < -0.3 is 10.1 Å². The van der Waals surface area contributed by atoms with Gasteiger partial charge in [0.2, 0.25) is 4.80 Å². The first-order valence-corrected chi connectivity index (χ1v) is 12.3. The lowest BCUT2D eigenvalue weighted by molar-refractivity contribution is -0.118. The Labute approximate surface area is 219 Å². The molecule has 0 unspecified atom stereocenters. The largest absolute Gasteiger partial charge is 0.482 e. The molecule has 1 N–H and O–H groups in total. The summed E-state index contributed by atoms with van der Waals surface area (Å²) in [5, 5.41) is 10.6.